The van der Waals surface area contributed by atoms with Gasteiger partial charge in [-0.2, -0.15) is 0 Å². The topological polar surface area (TPSA) is 71.4 Å². The van der Waals surface area contributed by atoms with Crippen molar-refractivity contribution >= 4 is 17.9 Å². The highest BCUT2D eigenvalue weighted by atomic mass is 16.5. The summed E-state index contributed by atoms with van der Waals surface area (Å²) in [6, 6.07) is 16.2. The molecule has 2 aromatic carbocycles. The van der Waals surface area contributed by atoms with Crippen LogP contribution < -0.4 is 10.1 Å². The lowest BCUT2D eigenvalue weighted by atomic mass is 9.86. The van der Waals surface area contributed by atoms with E-state index in [0.29, 0.717) is 11.6 Å². The van der Waals surface area contributed by atoms with Gasteiger partial charge in [0.15, 0.2) is 0 Å². The first-order chi connectivity index (χ1) is 17.0. The van der Waals surface area contributed by atoms with E-state index in [1.165, 1.54) is 39.2 Å². The first-order valence-corrected chi connectivity index (χ1v) is 12.5. The summed E-state index contributed by atoms with van der Waals surface area (Å²) < 4.78 is 11.2. The van der Waals surface area contributed by atoms with E-state index in [9.17, 15) is 4.79 Å². The third-order valence-corrected chi connectivity index (χ3v) is 7.16. The molecule has 2 saturated carbocycles. The van der Waals surface area contributed by atoms with E-state index >= 15 is 0 Å². The zero-order chi connectivity index (χ0) is 24.8. The minimum atomic E-state index is -0.543. The first kappa shape index (κ1) is 24.6. The number of rotatable bonds is 9. The van der Waals surface area contributed by atoms with Crippen molar-refractivity contribution in [2.24, 2.45) is 17.8 Å². The number of carbonyl (C=O) groups is 1. The molecule has 2 aliphatic rings. The average molecular weight is 471 g/mol. The molecule has 0 amide bonds. The summed E-state index contributed by atoms with van der Waals surface area (Å²) in [7, 11) is 1.32. The number of hydrogen-bond acceptors (Lipinski definition) is 5. The molecule has 0 aromatic heterocycles. The first-order valence-electron chi connectivity index (χ1n) is 12.5. The van der Waals surface area contributed by atoms with E-state index in [2.05, 4.69) is 36.4 Å². The van der Waals surface area contributed by atoms with Crippen LogP contribution in [-0.2, 0) is 9.53 Å². The van der Waals surface area contributed by atoms with Crippen LogP contribution in [-0.4, -0.2) is 25.4 Å². The van der Waals surface area contributed by atoms with Gasteiger partial charge in [-0.3, -0.25) is 0 Å². The molecule has 3 atom stereocenters. The van der Waals surface area contributed by atoms with Crippen LogP contribution in [0.2, 0.25) is 0 Å². The molecule has 2 fully saturated rings. The largest absolute Gasteiger partial charge is 0.490 e. The Kier molecular flexibility index (Phi) is 7.92. The molecule has 5 nitrogen and oxygen atoms in total. The van der Waals surface area contributed by atoms with Gasteiger partial charge < -0.3 is 20.2 Å². The molecule has 0 heterocycles. The molecule has 0 radical (unpaired) electrons. The van der Waals surface area contributed by atoms with E-state index in [4.69, 9.17) is 21.3 Å². The Hall–Kier alpha value is -3.52. The summed E-state index contributed by atoms with van der Waals surface area (Å²) in [4.78, 5) is 12.3. The Labute approximate surface area is 208 Å². The van der Waals surface area contributed by atoms with Crippen molar-refractivity contribution in [3.05, 3.63) is 59.8 Å². The highest BCUT2D eigenvalue weighted by Gasteiger charge is 2.41. The molecule has 2 aromatic rings. The second kappa shape index (κ2) is 11.3. The second-order valence-corrected chi connectivity index (χ2v) is 9.53. The van der Waals surface area contributed by atoms with Crippen LogP contribution in [0.15, 0.2) is 59.8 Å². The molecular formula is C30H34N2O3. The van der Waals surface area contributed by atoms with Crippen LogP contribution >= 0.6 is 0 Å². The quantitative estimate of drug-likeness (QED) is 0.191. The van der Waals surface area contributed by atoms with E-state index in [0.717, 1.165) is 35.2 Å². The Balaban J connectivity index is 1.55. The number of methoxy groups -OCH3 is 1. The van der Waals surface area contributed by atoms with Crippen molar-refractivity contribution in [3.8, 4) is 29.2 Å². The van der Waals surface area contributed by atoms with Crippen molar-refractivity contribution < 1.29 is 14.3 Å². The fourth-order valence-electron chi connectivity index (χ4n) is 5.01. The average Bonchev–Trinajstić information content (AvgIpc) is 3.69. The van der Waals surface area contributed by atoms with E-state index in [1.54, 1.807) is 0 Å². The molecule has 0 saturated heterocycles. The maximum Gasteiger partial charge on any atom is 0.341 e. The van der Waals surface area contributed by atoms with Crippen molar-refractivity contribution in [1.29, 1.82) is 5.41 Å². The molecule has 2 N–H and O–H groups in total. The number of esters is 1. The van der Waals surface area contributed by atoms with Gasteiger partial charge in [-0.15, -0.1) is 12.3 Å². The zero-order valence-corrected chi connectivity index (χ0v) is 20.6. The molecule has 0 bridgehead atoms. The van der Waals surface area contributed by atoms with Gasteiger partial charge in [0.25, 0.3) is 0 Å². The van der Waals surface area contributed by atoms with Crippen LogP contribution in [0.4, 0.5) is 5.69 Å². The van der Waals surface area contributed by atoms with Crippen LogP contribution in [0.1, 0.15) is 45.4 Å². The lowest BCUT2D eigenvalue weighted by Crippen LogP contribution is -2.25. The summed E-state index contributed by atoms with van der Waals surface area (Å²) in [5.74, 6) is 3.79. The third kappa shape index (κ3) is 5.95. The summed E-state index contributed by atoms with van der Waals surface area (Å²) in [6.07, 6.45) is 14.1. The molecular weight excluding hydrogens is 436 g/mol. The standard InChI is InChI=1S/C30H34N2O3/c1-4-21-18-27(21)29(28(19-31)30(33)34-3)32-25-14-8-12-23(16-25)24-13-9-15-26(17-24)35-20(2)22-10-6-5-7-11-22/h1,8-9,12-17,19-22,27,31-32H,5-7,10-11,18H2,2-3H3/b29-28+,31-19?/t20?,21?,27-/m1/s1. The fourth-order valence-corrected chi connectivity index (χ4v) is 5.01. The Morgan fingerprint density at radius 1 is 1.14 bits per heavy atom. The lowest BCUT2D eigenvalue weighted by molar-refractivity contribution is -0.135. The minimum Gasteiger partial charge on any atom is -0.490 e. The number of terminal acetylenes is 1. The minimum absolute atomic E-state index is 0.0114. The highest BCUT2D eigenvalue weighted by Crippen LogP contribution is 2.45. The van der Waals surface area contributed by atoms with Crippen LogP contribution in [0.5, 0.6) is 5.75 Å². The molecule has 2 aliphatic carbocycles. The number of carbonyl (C=O) groups excluding carboxylic acids is 1. The summed E-state index contributed by atoms with van der Waals surface area (Å²) in [5, 5.41) is 11.1. The Morgan fingerprint density at radius 2 is 1.86 bits per heavy atom. The smallest absolute Gasteiger partial charge is 0.341 e. The molecule has 182 valence electrons. The zero-order valence-electron chi connectivity index (χ0n) is 20.6. The van der Waals surface area contributed by atoms with Gasteiger partial charge in [-0.25, -0.2) is 4.79 Å². The van der Waals surface area contributed by atoms with Gasteiger partial charge in [0, 0.05) is 29.4 Å². The van der Waals surface area contributed by atoms with Crippen molar-refractivity contribution in [1.82, 2.24) is 0 Å². The fraction of sp³-hybridized carbons (Fsp3) is 0.400. The lowest BCUT2D eigenvalue weighted by Gasteiger charge is -2.28. The SMILES string of the molecule is C#CC1C[C@H]1/C(Nc1cccc(-c2cccc(OC(C)C3CCCCC3)c2)c1)=C(/C=N)C(=O)OC. The summed E-state index contributed by atoms with van der Waals surface area (Å²) >= 11 is 0. The van der Waals surface area contributed by atoms with Crippen LogP contribution in [0.25, 0.3) is 11.1 Å². The summed E-state index contributed by atoms with van der Waals surface area (Å²) in [5.41, 5.74) is 3.76. The molecule has 35 heavy (non-hydrogen) atoms. The number of anilines is 1. The Morgan fingerprint density at radius 3 is 2.51 bits per heavy atom. The molecule has 5 heteroatoms. The van der Waals surface area contributed by atoms with Crippen LogP contribution in [0.3, 0.4) is 0 Å². The molecule has 0 spiro atoms. The van der Waals surface area contributed by atoms with E-state index in [1.807, 2.05) is 30.3 Å². The molecule has 4 rings (SSSR count). The van der Waals surface area contributed by atoms with Gasteiger partial charge >= 0.3 is 5.97 Å². The van der Waals surface area contributed by atoms with Gasteiger partial charge in [0.2, 0.25) is 0 Å². The monoisotopic (exact) mass is 470 g/mol. The van der Waals surface area contributed by atoms with Gasteiger partial charge in [0.05, 0.1) is 18.8 Å². The predicted molar refractivity (Wildman–Crippen MR) is 140 cm³/mol. The van der Waals surface area contributed by atoms with E-state index < -0.39 is 5.97 Å². The van der Waals surface area contributed by atoms with E-state index in [-0.39, 0.29) is 23.5 Å². The number of benzene rings is 2. The van der Waals surface area contributed by atoms with Crippen molar-refractivity contribution in [2.45, 2.75) is 51.6 Å². The number of hydrogen-bond donors (Lipinski definition) is 2. The van der Waals surface area contributed by atoms with Crippen molar-refractivity contribution in [3.63, 3.8) is 0 Å². The molecule has 2 unspecified atom stereocenters. The maximum absolute atomic E-state index is 12.3. The normalized spacial score (nSPS) is 21.2. The maximum atomic E-state index is 12.3. The van der Waals surface area contributed by atoms with Gasteiger partial charge in [-0.1, -0.05) is 43.5 Å². The van der Waals surface area contributed by atoms with Crippen molar-refractivity contribution in [2.75, 3.05) is 12.4 Å². The molecule has 0 aliphatic heterocycles. The highest BCUT2D eigenvalue weighted by molar-refractivity contribution is 6.09. The number of allylic oxidation sites excluding steroid dienone is 1. The second-order valence-electron chi connectivity index (χ2n) is 9.53. The summed E-state index contributed by atoms with van der Waals surface area (Å²) in [6.45, 7) is 2.19. The van der Waals surface area contributed by atoms with Gasteiger partial charge in [-0.05, 0) is 67.5 Å². The van der Waals surface area contributed by atoms with Crippen LogP contribution in [0, 0.1) is 35.5 Å². The predicted octanol–water partition coefficient (Wildman–Crippen LogP) is 6.46. The third-order valence-electron chi connectivity index (χ3n) is 7.16. The number of nitrogens with one attached hydrogen (secondary N) is 2. The Bertz CT molecular complexity index is 1140. The van der Waals surface area contributed by atoms with Gasteiger partial charge in [0.1, 0.15) is 5.75 Å². The number of ether oxygens (including phenoxy) is 2.